The molecular weight excluding hydrogens is 234 g/mol. The molecule has 13 heavy (non-hydrogen) atoms. The highest BCUT2D eigenvalue weighted by Gasteiger charge is 1.98. The SMILES string of the molecule is CC=CC(=O)Nc1cnc(Br)cn1. The van der Waals surface area contributed by atoms with Crippen molar-refractivity contribution < 1.29 is 4.79 Å². The van der Waals surface area contributed by atoms with E-state index < -0.39 is 0 Å². The van der Waals surface area contributed by atoms with Crippen molar-refractivity contribution >= 4 is 27.7 Å². The summed E-state index contributed by atoms with van der Waals surface area (Å²) in [4.78, 5) is 18.9. The van der Waals surface area contributed by atoms with Crippen molar-refractivity contribution in [2.75, 3.05) is 5.32 Å². The lowest BCUT2D eigenvalue weighted by Crippen LogP contribution is -2.09. The average molecular weight is 242 g/mol. The van der Waals surface area contributed by atoms with Crippen LogP contribution in [0.4, 0.5) is 5.82 Å². The number of carbonyl (C=O) groups excluding carboxylic acids is 1. The summed E-state index contributed by atoms with van der Waals surface area (Å²) in [7, 11) is 0. The van der Waals surface area contributed by atoms with Gasteiger partial charge < -0.3 is 5.32 Å². The zero-order valence-electron chi connectivity index (χ0n) is 6.99. The number of aromatic nitrogens is 2. The van der Waals surface area contributed by atoms with Gasteiger partial charge in [0, 0.05) is 0 Å². The van der Waals surface area contributed by atoms with E-state index in [0.29, 0.717) is 10.4 Å². The molecule has 1 rings (SSSR count). The van der Waals surface area contributed by atoms with Gasteiger partial charge in [-0.3, -0.25) is 4.79 Å². The molecule has 0 saturated heterocycles. The first kappa shape index (κ1) is 9.85. The molecule has 68 valence electrons. The van der Waals surface area contributed by atoms with Crippen molar-refractivity contribution in [2.24, 2.45) is 0 Å². The Hall–Kier alpha value is -1.23. The summed E-state index contributed by atoms with van der Waals surface area (Å²) in [5.41, 5.74) is 0. The summed E-state index contributed by atoms with van der Waals surface area (Å²) in [6.07, 6.45) is 6.07. The van der Waals surface area contributed by atoms with Gasteiger partial charge in [0.2, 0.25) is 5.91 Å². The van der Waals surface area contributed by atoms with Crippen molar-refractivity contribution in [1.29, 1.82) is 0 Å². The van der Waals surface area contributed by atoms with Gasteiger partial charge in [-0.1, -0.05) is 6.08 Å². The van der Waals surface area contributed by atoms with E-state index in [4.69, 9.17) is 0 Å². The Kier molecular flexibility index (Phi) is 3.57. The molecule has 5 heteroatoms. The highest BCUT2D eigenvalue weighted by Crippen LogP contribution is 2.05. The van der Waals surface area contributed by atoms with Crippen LogP contribution in [0.3, 0.4) is 0 Å². The summed E-state index contributed by atoms with van der Waals surface area (Å²) in [5, 5.41) is 2.55. The third kappa shape index (κ3) is 3.33. The first-order chi connectivity index (χ1) is 6.22. The standard InChI is InChI=1S/C8H8BrN3O/c1-2-3-8(13)12-7-5-10-6(9)4-11-7/h2-5H,1H3,(H,11,12,13). The van der Waals surface area contributed by atoms with Crippen LogP contribution in [0.1, 0.15) is 6.92 Å². The molecule has 0 radical (unpaired) electrons. The second kappa shape index (κ2) is 4.71. The van der Waals surface area contributed by atoms with Crippen LogP contribution in [0, 0.1) is 0 Å². The van der Waals surface area contributed by atoms with Gasteiger partial charge in [0.25, 0.3) is 0 Å². The molecule has 4 nitrogen and oxygen atoms in total. The first-order valence-corrected chi connectivity index (χ1v) is 4.43. The molecule has 0 aliphatic heterocycles. The molecule has 1 aromatic heterocycles. The van der Waals surface area contributed by atoms with Crippen LogP contribution in [0.5, 0.6) is 0 Å². The van der Waals surface area contributed by atoms with Crippen LogP contribution in [0.25, 0.3) is 0 Å². The molecule has 1 N–H and O–H groups in total. The summed E-state index contributed by atoms with van der Waals surface area (Å²) in [6.45, 7) is 1.77. The maximum absolute atomic E-state index is 11.0. The highest BCUT2D eigenvalue weighted by atomic mass is 79.9. The van der Waals surface area contributed by atoms with Gasteiger partial charge in [-0.15, -0.1) is 0 Å². The average Bonchev–Trinajstić information content (AvgIpc) is 2.09. The summed E-state index contributed by atoms with van der Waals surface area (Å²) in [6, 6.07) is 0. The number of allylic oxidation sites excluding steroid dienone is 1. The Morgan fingerprint density at radius 3 is 2.85 bits per heavy atom. The van der Waals surface area contributed by atoms with Gasteiger partial charge >= 0.3 is 0 Å². The lowest BCUT2D eigenvalue weighted by Gasteiger charge is -1.98. The number of carbonyl (C=O) groups is 1. The van der Waals surface area contributed by atoms with Gasteiger partial charge in [0.15, 0.2) is 5.82 Å². The molecule has 1 amide bonds. The van der Waals surface area contributed by atoms with Gasteiger partial charge in [-0.2, -0.15) is 0 Å². The van der Waals surface area contributed by atoms with E-state index in [1.807, 2.05) is 0 Å². The van der Waals surface area contributed by atoms with E-state index in [0.717, 1.165) is 0 Å². The minimum Gasteiger partial charge on any atom is -0.306 e. The normalized spacial score (nSPS) is 10.3. The van der Waals surface area contributed by atoms with Crippen LogP contribution >= 0.6 is 15.9 Å². The smallest absolute Gasteiger partial charge is 0.249 e. The van der Waals surface area contributed by atoms with E-state index in [2.05, 4.69) is 31.2 Å². The van der Waals surface area contributed by atoms with E-state index in [1.54, 1.807) is 13.0 Å². The lowest BCUT2D eigenvalue weighted by atomic mass is 10.5. The van der Waals surface area contributed by atoms with Gasteiger partial charge in [-0.25, -0.2) is 9.97 Å². The fraction of sp³-hybridized carbons (Fsp3) is 0.125. The number of halogens is 1. The Morgan fingerprint density at radius 2 is 2.31 bits per heavy atom. The Labute approximate surface area is 84.2 Å². The number of anilines is 1. The zero-order chi connectivity index (χ0) is 9.68. The highest BCUT2D eigenvalue weighted by molar-refractivity contribution is 9.10. The van der Waals surface area contributed by atoms with Gasteiger partial charge in [0.1, 0.15) is 4.60 Å². The molecule has 0 atom stereocenters. The summed E-state index contributed by atoms with van der Waals surface area (Å²) in [5.74, 6) is 0.227. The fourth-order valence-electron chi connectivity index (χ4n) is 0.696. The topological polar surface area (TPSA) is 54.9 Å². The fourth-order valence-corrected chi connectivity index (χ4v) is 0.901. The van der Waals surface area contributed by atoms with Crippen molar-refractivity contribution in [2.45, 2.75) is 6.92 Å². The van der Waals surface area contributed by atoms with Crippen molar-refractivity contribution in [1.82, 2.24) is 9.97 Å². The molecule has 0 saturated carbocycles. The maximum atomic E-state index is 11.0. The molecule has 0 aliphatic rings. The number of amides is 1. The van der Waals surface area contributed by atoms with Crippen LogP contribution in [-0.2, 0) is 4.79 Å². The second-order valence-corrected chi connectivity index (χ2v) is 3.03. The minimum atomic E-state index is -0.209. The summed E-state index contributed by atoms with van der Waals surface area (Å²) >= 11 is 3.14. The van der Waals surface area contributed by atoms with Crippen LogP contribution in [0.2, 0.25) is 0 Å². The number of hydrogen-bond donors (Lipinski definition) is 1. The van der Waals surface area contributed by atoms with Crippen molar-refractivity contribution in [3.63, 3.8) is 0 Å². The maximum Gasteiger partial charge on any atom is 0.249 e. The predicted octanol–water partition coefficient (Wildman–Crippen LogP) is 1.75. The first-order valence-electron chi connectivity index (χ1n) is 3.63. The predicted molar refractivity (Wildman–Crippen MR) is 53.2 cm³/mol. The largest absolute Gasteiger partial charge is 0.306 e. The van der Waals surface area contributed by atoms with E-state index in [-0.39, 0.29) is 5.91 Å². The molecule has 0 unspecified atom stereocenters. The Bertz CT molecular complexity index is 321. The number of rotatable bonds is 2. The number of hydrogen-bond acceptors (Lipinski definition) is 3. The number of nitrogens with zero attached hydrogens (tertiary/aromatic N) is 2. The Balaban J connectivity index is 2.64. The quantitative estimate of drug-likeness (QED) is 0.804. The van der Waals surface area contributed by atoms with E-state index in [9.17, 15) is 4.79 Å². The van der Waals surface area contributed by atoms with E-state index in [1.165, 1.54) is 18.5 Å². The molecular formula is C8H8BrN3O. The Morgan fingerprint density at radius 1 is 1.54 bits per heavy atom. The third-order valence-corrected chi connectivity index (χ3v) is 1.60. The third-order valence-electron chi connectivity index (χ3n) is 1.19. The molecule has 0 bridgehead atoms. The summed E-state index contributed by atoms with van der Waals surface area (Å²) < 4.78 is 0.636. The van der Waals surface area contributed by atoms with Crippen LogP contribution in [0.15, 0.2) is 29.1 Å². The van der Waals surface area contributed by atoms with Crippen LogP contribution in [-0.4, -0.2) is 15.9 Å². The number of nitrogens with one attached hydrogen (secondary N) is 1. The van der Waals surface area contributed by atoms with E-state index >= 15 is 0 Å². The van der Waals surface area contributed by atoms with Gasteiger partial charge in [-0.05, 0) is 28.9 Å². The monoisotopic (exact) mass is 241 g/mol. The van der Waals surface area contributed by atoms with Crippen molar-refractivity contribution in [3.05, 3.63) is 29.1 Å². The molecule has 1 aromatic rings. The molecule has 0 aliphatic carbocycles. The lowest BCUT2D eigenvalue weighted by molar-refractivity contribution is -0.111. The van der Waals surface area contributed by atoms with Crippen LogP contribution < -0.4 is 5.32 Å². The second-order valence-electron chi connectivity index (χ2n) is 2.21. The molecule has 0 fully saturated rings. The van der Waals surface area contributed by atoms with Gasteiger partial charge in [0.05, 0.1) is 12.4 Å². The van der Waals surface area contributed by atoms with Crippen molar-refractivity contribution in [3.8, 4) is 0 Å². The zero-order valence-corrected chi connectivity index (χ0v) is 8.58. The molecule has 0 aromatic carbocycles. The molecule has 1 heterocycles. The molecule has 0 spiro atoms. The minimum absolute atomic E-state index is 0.209.